The molecule has 3 aromatic rings. The number of carbonyl (C=O) groups is 1. The lowest BCUT2D eigenvalue weighted by atomic mass is 10.1. The molecule has 0 radical (unpaired) electrons. The Kier molecular flexibility index (Phi) is 5.48. The van der Waals surface area contributed by atoms with Crippen LogP contribution in [0.25, 0.3) is 11.3 Å². The van der Waals surface area contributed by atoms with Gasteiger partial charge in [-0.15, -0.1) is 0 Å². The largest absolute Gasteiger partial charge is 0.486 e. The van der Waals surface area contributed by atoms with Crippen LogP contribution >= 0.6 is 0 Å². The maximum Gasteiger partial charge on any atom is 0.281 e. The van der Waals surface area contributed by atoms with E-state index in [4.69, 9.17) is 14.0 Å². The van der Waals surface area contributed by atoms with Gasteiger partial charge in [0.1, 0.15) is 18.8 Å². The van der Waals surface area contributed by atoms with Crippen LogP contribution in [0.1, 0.15) is 5.56 Å². The molecule has 1 aliphatic rings. The van der Waals surface area contributed by atoms with Gasteiger partial charge >= 0.3 is 0 Å². The number of aryl methyl sites for hydroxylation is 1. The number of amides is 1. The number of carbonyl (C=O) groups excluding carboxylic acids is 1. The lowest BCUT2D eigenvalue weighted by molar-refractivity contribution is -0.874. The zero-order chi connectivity index (χ0) is 20.2. The van der Waals surface area contributed by atoms with Gasteiger partial charge in [-0.2, -0.15) is 0 Å². The van der Waals surface area contributed by atoms with Gasteiger partial charge in [-0.1, -0.05) is 47.1 Å². The van der Waals surface area contributed by atoms with Crippen LogP contribution in [0.3, 0.4) is 0 Å². The second-order valence-corrected chi connectivity index (χ2v) is 7.33. The molecule has 7 heteroatoms. The van der Waals surface area contributed by atoms with Crippen LogP contribution in [-0.4, -0.2) is 43.9 Å². The van der Waals surface area contributed by atoms with E-state index < -0.39 is 0 Å². The zero-order valence-electron chi connectivity index (χ0n) is 16.5. The smallest absolute Gasteiger partial charge is 0.281 e. The topological polar surface area (TPSA) is 78.0 Å². The first-order valence-electron chi connectivity index (χ1n) is 9.60. The Morgan fingerprint density at radius 1 is 1.17 bits per heavy atom. The number of hydrogen-bond acceptors (Lipinski definition) is 5. The van der Waals surface area contributed by atoms with Crippen LogP contribution < -0.4 is 19.7 Å². The molecule has 1 amide bonds. The fourth-order valence-corrected chi connectivity index (χ4v) is 3.27. The minimum Gasteiger partial charge on any atom is -0.486 e. The van der Waals surface area contributed by atoms with Gasteiger partial charge in [-0.05, 0) is 19.1 Å². The lowest BCUT2D eigenvalue weighted by Crippen LogP contribution is -3.11. The maximum absolute atomic E-state index is 12.4. The second kappa shape index (κ2) is 8.36. The van der Waals surface area contributed by atoms with E-state index >= 15 is 0 Å². The molecule has 2 heterocycles. The number of nitrogens with zero attached hydrogens (tertiary/aromatic N) is 1. The summed E-state index contributed by atoms with van der Waals surface area (Å²) in [5.41, 5.74) is 2.80. The van der Waals surface area contributed by atoms with Crippen LogP contribution in [0.4, 0.5) is 5.88 Å². The Hall–Kier alpha value is -3.32. The van der Waals surface area contributed by atoms with Crippen molar-refractivity contribution in [2.45, 2.75) is 13.0 Å². The molecule has 4 rings (SSSR count). The molecule has 0 fully saturated rings. The van der Waals surface area contributed by atoms with E-state index in [0.717, 1.165) is 22.0 Å². The zero-order valence-corrected chi connectivity index (χ0v) is 16.5. The Labute approximate surface area is 169 Å². The van der Waals surface area contributed by atoms with Crippen LogP contribution in [0, 0.1) is 6.92 Å². The first kappa shape index (κ1) is 19.0. The predicted octanol–water partition coefficient (Wildman–Crippen LogP) is 1.94. The third-order valence-corrected chi connectivity index (χ3v) is 4.73. The number of quaternary nitrogens is 1. The van der Waals surface area contributed by atoms with Gasteiger partial charge in [0, 0.05) is 11.6 Å². The highest BCUT2D eigenvalue weighted by Gasteiger charge is 2.25. The van der Waals surface area contributed by atoms with E-state index in [2.05, 4.69) is 10.5 Å². The quantitative estimate of drug-likeness (QED) is 0.668. The number of hydrogen-bond donors (Lipinski definition) is 2. The summed E-state index contributed by atoms with van der Waals surface area (Å²) in [6.45, 7) is 3.42. The number of fused-ring (bicyclic) bond motifs is 1. The SMILES string of the molecule is Cc1ccc(-c2cc(NC(=O)C[NH+](C)C[C@@H]3COc4ccccc4O3)on2)cc1. The first-order chi connectivity index (χ1) is 14.1. The van der Waals surface area contributed by atoms with Gasteiger partial charge in [0.15, 0.2) is 24.1 Å². The molecule has 2 N–H and O–H groups in total. The molecule has 1 aromatic heterocycles. The van der Waals surface area contributed by atoms with Crippen molar-refractivity contribution in [3.8, 4) is 22.8 Å². The highest BCUT2D eigenvalue weighted by molar-refractivity contribution is 5.90. The molecule has 0 saturated carbocycles. The molecular weight excluding hydrogens is 370 g/mol. The Bertz CT molecular complexity index is 984. The predicted molar refractivity (Wildman–Crippen MR) is 108 cm³/mol. The number of rotatable bonds is 6. The average molecular weight is 394 g/mol. The fraction of sp³-hybridized carbons (Fsp3) is 0.273. The molecule has 29 heavy (non-hydrogen) atoms. The minimum atomic E-state index is -0.147. The molecule has 0 saturated heterocycles. The van der Waals surface area contributed by atoms with Gasteiger partial charge in [0.05, 0.1) is 7.05 Å². The van der Waals surface area contributed by atoms with Crippen LogP contribution in [0.15, 0.2) is 59.1 Å². The maximum atomic E-state index is 12.4. The number of anilines is 1. The molecule has 0 aliphatic carbocycles. The molecule has 1 unspecified atom stereocenters. The summed E-state index contributed by atoms with van der Waals surface area (Å²) in [5, 5.41) is 6.80. The van der Waals surface area contributed by atoms with Gasteiger partial charge < -0.3 is 18.9 Å². The molecule has 2 atom stereocenters. The number of likely N-dealkylation sites (N-methyl/N-ethyl adjacent to an activating group) is 1. The Morgan fingerprint density at radius 2 is 1.93 bits per heavy atom. The summed E-state index contributed by atoms with van der Waals surface area (Å²) in [5.74, 6) is 1.69. The van der Waals surface area contributed by atoms with Crippen molar-refractivity contribution < 1.29 is 23.7 Å². The highest BCUT2D eigenvalue weighted by atomic mass is 16.6. The molecule has 150 valence electrons. The van der Waals surface area contributed by atoms with E-state index in [9.17, 15) is 4.79 Å². The van der Waals surface area contributed by atoms with E-state index in [1.807, 2.05) is 62.5 Å². The average Bonchev–Trinajstić information content (AvgIpc) is 3.16. The molecule has 2 aromatic carbocycles. The summed E-state index contributed by atoms with van der Waals surface area (Å²) in [6, 6.07) is 17.3. The van der Waals surface area contributed by atoms with Crippen LogP contribution in [0.2, 0.25) is 0 Å². The first-order valence-corrected chi connectivity index (χ1v) is 9.60. The monoisotopic (exact) mass is 394 g/mol. The summed E-state index contributed by atoms with van der Waals surface area (Å²) in [7, 11) is 1.95. The summed E-state index contributed by atoms with van der Waals surface area (Å²) in [6.07, 6.45) is -0.101. The van der Waals surface area contributed by atoms with Gasteiger partial charge in [-0.25, -0.2) is 0 Å². The van der Waals surface area contributed by atoms with Crippen molar-refractivity contribution in [1.29, 1.82) is 0 Å². The number of para-hydroxylation sites is 2. The molecule has 0 spiro atoms. The fourth-order valence-electron chi connectivity index (χ4n) is 3.27. The lowest BCUT2D eigenvalue weighted by Gasteiger charge is -2.27. The normalized spacial score (nSPS) is 16.3. The molecule has 0 bridgehead atoms. The van der Waals surface area contributed by atoms with E-state index in [-0.39, 0.29) is 18.6 Å². The van der Waals surface area contributed by atoms with Gasteiger partial charge in [-0.3, -0.25) is 10.1 Å². The van der Waals surface area contributed by atoms with Crippen molar-refractivity contribution in [3.63, 3.8) is 0 Å². The van der Waals surface area contributed by atoms with Crippen molar-refractivity contribution in [2.75, 3.05) is 32.1 Å². The second-order valence-electron chi connectivity index (χ2n) is 7.33. The highest BCUT2D eigenvalue weighted by Crippen LogP contribution is 2.30. The van der Waals surface area contributed by atoms with Crippen molar-refractivity contribution in [1.82, 2.24) is 5.16 Å². The number of nitrogens with one attached hydrogen (secondary N) is 2. The minimum absolute atomic E-state index is 0.101. The van der Waals surface area contributed by atoms with E-state index in [1.54, 1.807) is 6.07 Å². The van der Waals surface area contributed by atoms with Gasteiger partial charge in [0.2, 0.25) is 5.88 Å². The third kappa shape index (κ3) is 4.75. The Morgan fingerprint density at radius 3 is 2.72 bits per heavy atom. The molecular formula is C22H24N3O4+. The van der Waals surface area contributed by atoms with Crippen molar-refractivity contribution in [3.05, 3.63) is 60.2 Å². The number of aromatic nitrogens is 1. The van der Waals surface area contributed by atoms with Crippen LogP contribution in [-0.2, 0) is 4.79 Å². The van der Waals surface area contributed by atoms with E-state index in [1.165, 1.54) is 5.56 Å². The summed E-state index contributed by atoms with van der Waals surface area (Å²) >= 11 is 0. The summed E-state index contributed by atoms with van der Waals surface area (Å²) < 4.78 is 16.9. The van der Waals surface area contributed by atoms with Crippen molar-refractivity contribution >= 4 is 11.8 Å². The molecule has 1 aliphatic heterocycles. The number of ether oxygens (including phenoxy) is 2. The van der Waals surface area contributed by atoms with E-state index in [0.29, 0.717) is 24.7 Å². The number of benzene rings is 2. The Balaban J connectivity index is 1.28. The van der Waals surface area contributed by atoms with Gasteiger partial charge in [0.25, 0.3) is 5.91 Å². The summed E-state index contributed by atoms with van der Waals surface area (Å²) in [4.78, 5) is 13.4. The van der Waals surface area contributed by atoms with Crippen molar-refractivity contribution in [2.24, 2.45) is 0 Å². The van der Waals surface area contributed by atoms with Crippen LogP contribution in [0.5, 0.6) is 11.5 Å². The third-order valence-electron chi connectivity index (χ3n) is 4.73. The standard InChI is InChI=1S/C22H23N3O4/c1-15-7-9-16(10-8-15)18-11-22(29-24-18)23-21(26)13-25(2)12-17-14-27-19-5-3-4-6-20(19)28-17/h3-11,17H,12-14H2,1-2H3,(H,23,26)/p+1/t17-/m1/s1. The molecule has 7 nitrogen and oxygen atoms in total.